The van der Waals surface area contributed by atoms with Gasteiger partial charge in [-0.25, -0.2) is 0 Å². The highest BCUT2D eigenvalue weighted by Crippen LogP contribution is 2.41. The summed E-state index contributed by atoms with van der Waals surface area (Å²) in [5.74, 6) is 1.02. The fourth-order valence-electron chi connectivity index (χ4n) is 4.07. The van der Waals surface area contributed by atoms with Crippen molar-refractivity contribution in [2.24, 2.45) is 5.92 Å². The Hall–Kier alpha value is -0.0831. The van der Waals surface area contributed by atoms with E-state index in [1.165, 1.54) is 57.0 Å². The van der Waals surface area contributed by atoms with Crippen molar-refractivity contribution in [1.29, 1.82) is 0 Å². The van der Waals surface area contributed by atoms with Gasteiger partial charge < -0.3 is 5.11 Å². The number of aliphatic hydroxyl groups excluding tert-OH is 1. The van der Waals surface area contributed by atoms with Gasteiger partial charge in [0.1, 0.15) is 0 Å². The summed E-state index contributed by atoms with van der Waals surface area (Å²) in [7, 11) is -0.483. The summed E-state index contributed by atoms with van der Waals surface area (Å²) in [4.78, 5) is 0. The first-order valence-electron chi connectivity index (χ1n) is 8.08. The quantitative estimate of drug-likeness (QED) is 0.447. The van der Waals surface area contributed by atoms with Crippen LogP contribution in [-0.2, 0) is 0 Å². The third-order valence-corrected chi connectivity index (χ3v) is 9.47. The second kappa shape index (κ2) is 7.49. The lowest BCUT2D eigenvalue weighted by Crippen LogP contribution is -2.31. The Morgan fingerprint density at radius 3 is 2.33 bits per heavy atom. The molecule has 0 radical (unpaired) electrons. The maximum Gasteiger partial charge on any atom is 0.0534 e. The second-order valence-electron chi connectivity index (χ2n) is 6.57. The fraction of sp³-hybridized carbons (Fsp3) is 0.875. The first-order valence-corrected chi connectivity index (χ1v) is 10.4. The molecule has 104 valence electrons. The van der Waals surface area contributed by atoms with Crippen molar-refractivity contribution in [2.45, 2.75) is 81.5 Å². The lowest BCUT2D eigenvalue weighted by molar-refractivity contribution is 0.159. The van der Waals surface area contributed by atoms with E-state index in [2.05, 4.69) is 12.7 Å². The predicted octanol–water partition coefficient (Wildman–Crippen LogP) is 4.28. The van der Waals surface area contributed by atoms with E-state index in [0.29, 0.717) is 0 Å². The van der Waals surface area contributed by atoms with E-state index in [1.54, 1.807) is 0 Å². The molecule has 0 aromatic carbocycles. The molecule has 2 fully saturated rings. The standard InChI is InChI=1S/C16H30OSi/c1-2-3-4-5-14-6-8-16(9-7-14)18-12-10-15(17)11-13-18/h2,14-18H,1,3-13H2. The Morgan fingerprint density at radius 2 is 1.72 bits per heavy atom. The van der Waals surface area contributed by atoms with Crippen LogP contribution in [0.5, 0.6) is 0 Å². The molecule has 18 heavy (non-hydrogen) atoms. The van der Waals surface area contributed by atoms with Crippen LogP contribution in [0.25, 0.3) is 0 Å². The Bertz CT molecular complexity index is 237. The summed E-state index contributed by atoms with van der Waals surface area (Å²) in [6.45, 7) is 3.81. The van der Waals surface area contributed by atoms with Crippen molar-refractivity contribution in [3.8, 4) is 0 Å². The van der Waals surface area contributed by atoms with Crippen molar-refractivity contribution >= 4 is 8.80 Å². The van der Waals surface area contributed by atoms with Gasteiger partial charge in [-0.15, -0.1) is 6.58 Å². The molecule has 0 aromatic rings. The fourth-order valence-corrected chi connectivity index (χ4v) is 8.26. The van der Waals surface area contributed by atoms with E-state index in [4.69, 9.17) is 0 Å². The number of hydrogen-bond acceptors (Lipinski definition) is 1. The molecule has 1 aliphatic carbocycles. The van der Waals surface area contributed by atoms with Crippen molar-refractivity contribution in [3.63, 3.8) is 0 Å². The van der Waals surface area contributed by atoms with Crippen molar-refractivity contribution < 1.29 is 5.11 Å². The first-order chi connectivity index (χ1) is 8.79. The van der Waals surface area contributed by atoms with Gasteiger partial charge in [0.25, 0.3) is 0 Å². The largest absolute Gasteiger partial charge is 0.393 e. The van der Waals surface area contributed by atoms with Crippen molar-refractivity contribution in [1.82, 2.24) is 0 Å². The summed E-state index contributed by atoms with van der Waals surface area (Å²) in [6, 6.07) is 2.85. The number of allylic oxidation sites excluding steroid dienone is 1. The molecule has 1 heterocycles. The van der Waals surface area contributed by atoms with E-state index in [0.717, 1.165) is 24.3 Å². The van der Waals surface area contributed by atoms with E-state index < -0.39 is 8.80 Å². The van der Waals surface area contributed by atoms with Crippen LogP contribution in [0.1, 0.15) is 57.8 Å². The zero-order valence-corrected chi connectivity index (χ0v) is 13.0. The summed E-state index contributed by atoms with van der Waals surface area (Å²) in [5.41, 5.74) is 1.12. The number of aliphatic hydroxyl groups is 1. The van der Waals surface area contributed by atoms with Crippen LogP contribution in [0.3, 0.4) is 0 Å². The van der Waals surface area contributed by atoms with Gasteiger partial charge in [-0.2, -0.15) is 0 Å². The molecule has 0 unspecified atom stereocenters. The van der Waals surface area contributed by atoms with Crippen LogP contribution < -0.4 is 0 Å². The van der Waals surface area contributed by atoms with Crippen LogP contribution in [0.4, 0.5) is 0 Å². The minimum absolute atomic E-state index is 0.0454. The minimum atomic E-state index is -0.483. The molecule has 2 rings (SSSR count). The van der Waals surface area contributed by atoms with Gasteiger partial charge in [0.15, 0.2) is 0 Å². The van der Waals surface area contributed by atoms with Crippen LogP contribution in [0, 0.1) is 5.92 Å². The zero-order valence-electron chi connectivity index (χ0n) is 11.8. The SMILES string of the molecule is C=CCCCC1CCC([SiH]2CCC(O)CC2)CC1. The van der Waals surface area contributed by atoms with E-state index in [9.17, 15) is 5.11 Å². The van der Waals surface area contributed by atoms with Crippen LogP contribution in [-0.4, -0.2) is 20.0 Å². The summed E-state index contributed by atoms with van der Waals surface area (Å²) >= 11 is 0. The summed E-state index contributed by atoms with van der Waals surface area (Å²) < 4.78 is 0. The molecule has 1 aliphatic heterocycles. The number of rotatable bonds is 5. The average molecular weight is 267 g/mol. The van der Waals surface area contributed by atoms with Crippen molar-refractivity contribution in [3.05, 3.63) is 12.7 Å². The monoisotopic (exact) mass is 266 g/mol. The summed E-state index contributed by atoms with van der Waals surface area (Å²) in [5, 5.41) is 9.60. The molecule has 2 aliphatic rings. The van der Waals surface area contributed by atoms with Crippen LogP contribution in [0.15, 0.2) is 12.7 Å². The van der Waals surface area contributed by atoms with Gasteiger partial charge in [-0.3, -0.25) is 0 Å². The van der Waals surface area contributed by atoms with E-state index in [-0.39, 0.29) is 6.10 Å². The highest BCUT2D eigenvalue weighted by molar-refractivity contribution is 6.60. The smallest absolute Gasteiger partial charge is 0.0534 e. The normalized spacial score (nSPS) is 37.4. The second-order valence-corrected chi connectivity index (χ2v) is 10.2. The summed E-state index contributed by atoms with van der Waals surface area (Å²) in [6.07, 6.45) is 14.4. The molecule has 1 nitrogen and oxygen atoms in total. The van der Waals surface area contributed by atoms with Gasteiger partial charge in [-0.1, -0.05) is 50.3 Å². The molecular formula is C16H30OSi. The topological polar surface area (TPSA) is 20.2 Å². The molecule has 0 spiro atoms. The van der Waals surface area contributed by atoms with Crippen molar-refractivity contribution in [2.75, 3.05) is 0 Å². The molecule has 1 N–H and O–H groups in total. The molecule has 2 heteroatoms. The number of hydrogen-bond donors (Lipinski definition) is 1. The molecule has 0 bridgehead atoms. The van der Waals surface area contributed by atoms with E-state index in [1.807, 2.05) is 0 Å². The third kappa shape index (κ3) is 4.24. The Labute approximate surface area is 114 Å². The molecule has 1 saturated carbocycles. The van der Waals surface area contributed by atoms with Crippen LogP contribution >= 0.6 is 0 Å². The van der Waals surface area contributed by atoms with Gasteiger partial charge in [0.2, 0.25) is 0 Å². The van der Waals surface area contributed by atoms with Gasteiger partial charge in [-0.05, 0) is 37.1 Å². The Kier molecular flexibility index (Phi) is 5.96. The maximum absolute atomic E-state index is 9.60. The van der Waals surface area contributed by atoms with Gasteiger partial charge in [0.05, 0.1) is 6.10 Å². The Balaban J connectivity index is 1.65. The number of unbranched alkanes of at least 4 members (excludes halogenated alkanes) is 1. The highest BCUT2D eigenvalue weighted by atomic mass is 28.3. The molecule has 0 aromatic heterocycles. The maximum atomic E-state index is 9.60. The lowest BCUT2D eigenvalue weighted by Gasteiger charge is -2.36. The van der Waals surface area contributed by atoms with Crippen LogP contribution in [0.2, 0.25) is 17.6 Å². The molecule has 0 amide bonds. The third-order valence-electron chi connectivity index (χ3n) is 5.32. The first kappa shape index (κ1) is 14.3. The van der Waals surface area contributed by atoms with Gasteiger partial charge in [0, 0.05) is 8.80 Å². The predicted molar refractivity (Wildman–Crippen MR) is 81.8 cm³/mol. The lowest BCUT2D eigenvalue weighted by atomic mass is 9.85. The minimum Gasteiger partial charge on any atom is -0.393 e. The Morgan fingerprint density at radius 1 is 1.06 bits per heavy atom. The molecular weight excluding hydrogens is 236 g/mol. The zero-order chi connectivity index (χ0) is 12.8. The molecule has 0 atom stereocenters. The highest BCUT2D eigenvalue weighted by Gasteiger charge is 2.30. The average Bonchev–Trinajstić information content (AvgIpc) is 2.41. The van der Waals surface area contributed by atoms with E-state index >= 15 is 0 Å². The molecule has 1 saturated heterocycles. The van der Waals surface area contributed by atoms with Gasteiger partial charge >= 0.3 is 0 Å².